The van der Waals surface area contributed by atoms with Gasteiger partial charge in [-0.2, -0.15) is 0 Å². The van der Waals surface area contributed by atoms with Crippen molar-refractivity contribution in [1.82, 2.24) is 4.57 Å². The molecule has 1 aliphatic rings. The lowest BCUT2D eigenvalue weighted by molar-refractivity contribution is -0.126. The van der Waals surface area contributed by atoms with Crippen LogP contribution < -0.4 is 4.90 Å². The summed E-state index contributed by atoms with van der Waals surface area (Å²) in [6.07, 6.45) is 1.43. The molecule has 2 atom stereocenters. The first-order chi connectivity index (χ1) is 12.3. The van der Waals surface area contributed by atoms with Gasteiger partial charge in [-0.15, -0.1) is 0 Å². The van der Waals surface area contributed by atoms with E-state index in [0.717, 1.165) is 17.7 Å². The van der Waals surface area contributed by atoms with Gasteiger partial charge in [0.2, 0.25) is 0 Å². The van der Waals surface area contributed by atoms with Crippen LogP contribution in [-0.4, -0.2) is 34.4 Å². The molecule has 6 heteroatoms. The Labute approximate surface area is 152 Å². The quantitative estimate of drug-likeness (QED) is 0.625. The van der Waals surface area contributed by atoms with Crippen LogP contribution in [0.1, 0.15) is 47.2 Å². The summed E-state index contributed by atoms with van der Waals surface area (Å²) in [7, 11) is 1.66. The minimum atomic E-state index is -0.924. The van der Waals surface area contributed by atoms with E-state index in [2.05, 4.69) is 0 Å². The number of hydrogen-bond donors (Lipinski definition) is 0. The summed E-state index contributed by atoms with van der Waals surface area (Å²) in [4.78, 5) is 38.5. The summed E-state index contributed by atoms with van der Waals surface area (Å²) in [6.45, 7) is 4.98. The lowest BCUT2D eigenvalue weighted by atomic mass is 10.1. The van der Waals surface area contributed by atoms with Crippen molar-refractivity contribution in [2.75, 3.05) is 4.90 Å². The predicted molar refractivity (Wildman–Crippen MR) is 97.4 cm³/mol. The zero-order valence-electron chi connectivity index (χ0n) is 15.4. The number of aryl methyl sites for hydroxylation is 1. The number of para-hydroxylation sites is 1. The van der Waals surface area contributed by atoms with Crippen molar-refractivity contribution in [3.8, 4) is 0 Å². The van der Waals surface area contributed by atoms with Gasteiger partial charge >= 0.3 is 5.97 Å². The Balaban J connectivity index is 1.76. The lowest BCUT2D eigenvalue weighted by Gasteiger charge is -2.25. The van der Waals surface area contributed by atoms with Crippen molar-refractivity contribution in [1.29, 1.82) is 0 Å². The molecule has 0 unspecified atom stereocenters. The maximum Gasteiger partial charge on any atom is 0.355 e. The number of fused-ring (bicyclic) bond motifs is 1. The van der Waals surface area contributed by atoms with E-state index in [1.807, 2.05) is 31.2 Å². The second kappa shape index (κ2) is 6.78. The van der Waals surface area contributed by atoms with Crippen LogP contribution in [-0.2, 0) is 23.0 Å². The van der Waals surface area contributed by atoms with Crippen LogP contribution in [0.15, 0.2) is 36.5 Å². The van der Waals surface area contributed by atoms with Crippen molar-refractivity contribution < 1.29 is 19.1 Å². The number of aromatic nitrogens is 1. The molecule has 0 spiro atoms. The number of anilines is 1. The van der Waals surface area contributed by atoms with Crippen LogP contribution in [0.25, 0.3) is 0 Å². The van der Waals surface area contributed by atoms with E-state index in [1.165, 1.54) is 17.6 Å². The van der Waals surface area contributed by atoms with Crippen LogP contribution in [0.5, 0.6) is 0 Å². The fourth-order valence-corrected chi connectivity index (χ4v) is 3.33. The van der Waals surface area contributed by atoms with Crippen LogP contribution in [0, 0.1) is 0 Å². The van der Waals surface area contributed by atoms with Crippen LogP contribution >= 0.6 is 0 Å². The van der Waals surface area contributed by atoms with E-state index in [9.17, 15) is 14.4 Å². The minimum absolute atomic E-state index is 0.0143. The molecule has 0 N–H and O–H groups in total. The molecule has 0 bridgehead atoms. The molecular weight excluding hydrogens is 332 g/mol. The number of Topliss-reactive ketones (excluding diaryl/α,β-unsaturated/α-hetero) is 1. The highest BCUT2D eigenvalue weighted by atomic mass is 16.5. The predicted octanol–water partition coefficient (Wildman–Crippen LogP) is 2.75. The van der Waals surface area contributed by atoms with Crippen molar-refractivity contribution in [2.45, 2.75) is 39.3 Å². The number of ether oxygens (including phenoxy) is 1. The first kappa shape index (κ1) is 17.9. The SMILES string of the molecule is CC(=O)c1cc(C(=O)O[C@@H](C)C(=O)N2c3ccccc3C[C@@H]2C)n(C)c1. The second-order valence-corrected chi connectivity index (χ2v) is 6.72. The zero-order valence-corrected chi connectivity index (χ0v) is 15.4. The lowest BCUT2D eigenvalue weighted by Crippen LogP contribution is -2.43. The number of esters is 1. The highest BCUT2D eigenvalue weighted by Crippen LogP contribution is 2.32. The summed E-state index contributed by atoms with van der Waals surface area (Å²) in [6, 6.07) is 9.24. The normalized spacial score (nSPS) is 16.9. The van der Waals surface area contributed by atoms with E-state index in [0.29, 0.717) is 5.56 Å². The molecule has 0 saturated carbocycles. The number of hydrogen-bond acceptors (Lipinski definition) is 4. The average molecular weight is 354 g/mol. The average Bonchev–Trinajstić information content (AvgIpc) is 3.13. The number of carbonyl (C=O) groups excluding carboxylic acids is 3. The van der Waals surface area contributed by atoms with Gasteiger partial charge in [0, 0.05) is 30.5 Å². The van der Waals surface area contributed by atoms with E-state index in [4.69, 9.17) is 4.74 Å². The van der Waals surface area contributed by atoms with E-state index >= 15 is 0 Å². The standard InChI is InChI=1S/C20H22N2O4/c1-12-9-15-7-5-6-8-17(15)22(12)19(24)14(3)26-20(25)18-10-16(13(2)23)11-21(18)4/h5-8,10-12,14H,9H2,1-4H3/t12-,14-/m0/s1. The molecule has 2 aromatic rings. The second-order valence-electron chi connectivity index (χ2n) is 6.72. The summed E-state index contributed by atoms with van der Waals surface area (Å²) in [5, 5.41) is 0. The van der Waals surface area contributed by atoms with Gasteiger partial charge in [-0.25, -0.2) is 4.79 Å². The number of nitrogens with zero attached hydrogens (tertiary/aromatic N) is 2. The molecular formula is C20H22N2O4. The first-order valence-electron chi connectivity index (χ1n) is 8.59. The van der Waals surface area contributed by atoms with Crippen molar-refractivity contribution in [3.63, 3.8) is 0 Å². The smallest absolute Gasteiger partial charge is 0.355 e. The number of carbonyl (C=O) groups is 3. The third-order valence-electron chi connectivity index (χ3n) is 4.70. The Bertz CT molecular complexity index is 884. The van der Waals surface area contributed by atoms with Gasteiger partial charge in [-0.3, -0.25) is 9.59 Å². The van der Waals surface area contributed by atoms with E-state index < -0.39 is 12.1 Å². The molecule has 0 radical (unpaired) electrons. The molecule has 3 rings (SSSR count). The van der Waals surface area contributed by atoms with Crippen LogP contribution in [0.4, 0.5) is 5.69 Å². The number of benzene rings is 1. The van der Waals surface area contributed by atoms with Gasteiger partial charge in [-0.1, -0.05) is 18.2 Å². The molecule has 2 heterocycles. The summed E-state index contributed by atoms with van der Waals surface area (Å²) < 4.78 is 6.92. The topological polar surface area (TPSA) is 68.6 Å². The van der Waals surface area contributed by atoms with Crippen molar-refractivity contribution in [3.05, 3.63) is 53.3 Å². The molecule has 0 aliphatic carbocycles. The molecule has 26 heavy (non-hydrogen) atoms. The molecule has 1 aromatic heterocycles. The van der Waals surface area contributed by atoms with Gasteiger partial charge < -0.3 is 14.2 Å². The number of rotatable bonds is 4. The third-order valence-corrected chi connectivity index (χ3v) is 4.70. The van der Waals surface area contributed by atoms with Crippen LogP contribution in [0.2, 0.25) is 0 Å². The fourth-order valence-electron chi connectivity index (χ4n) is 3.33. The van der Waals surface area contributed by atoms with Gasteiger partial charge in [0.15, 0.2) is 11.9 Å². The molecule has 1 amide bonds. The highest BCUT2D eigenvalue weighted by Gasteiger charge is 2.34. The molecule has 0 fully saturated rings. The summed E-state index contributed by atoms with van der Waals surface area (Å²) >= 11 is 0. The molecule has 1 aliphatic heterocycles. The Morgan fingerprint density at radius 1 is 1.23 bits per heavy atom. The Morgan fingerprint density at radius 2 is 1.92 bits per heavy atom. The van der Waals surface area contributed by atoms with Crippen LogP contribution in [0.3, 0.4) is 0 Å². The maximum absolute atomic E-state index is 12.9. The number of amides is 1. The monoisotopic (exact) mass is 354 g/mol. The maximum atomic E-state index is 12.9. The fraction of sp³-hybridized carbons (Fsp3) is 0.350. The Morgan fingerprint density at radius 3 is 2.58 bits per heavy atom. The Hall–Kier alpha value is -2.89. The third kappa shape index (κ3) is 3.14. The Kier molecular flexibility index (Phi) is 4.68. The van der Waals surface area contributed by atoms with Gasteiger partial charge in [0.1, 0.15) is 5.69 Å². The van der Waals surface area contributed by atoms with Crippen molar-refractivity contribution in [2.24, 2.45) is 7.05 Å². The largest absolute Gasteiger partial charge is 0.448 e. The van der Waals surface area contributed by atoms with E-state index in [-0.39, 0.29) is 23.4 Å². The molecule has 6 nitrogen and oxygen atoms in total. The first-order valence-corrected chi connectivity index (χ1v) is 8.59. The van der Waals surface area contributed by atoms with E-state index in [1.54, 1.807) is 25.1 Å². The zero-order chi connectivity index (χ0) is 19.0. The van der Waals surface area contributed by atoms with Gasteiger partial charge in [0.05, 0.1) is 0 Å². The highest BCUT2D eigenvalue weighted by molar-refractivity contribution is 6.01. The summed E-state index contributed by atoms with van der Waals surface area (Å²) in [5.74, 6) is -1.01. The minimum Gasteiger partial charge on any atom is -0.448 e. The number of ketones is 1. The molecule has 1 aromatic carbocycles. The van der Waals surface area contributed by atoms with Gasteiger partial charge in [0.25, 0.3) is 5.91 Å². The summed E-state index contributed by atoms with van der Waals surface area (Å²) in [5.41, 5.74) is 2.65. The molecule has 136 valence electrons. The van der Waals surface area contributed by atoms with Crippen molar-refractivity contribution >= 4 is 23.3 Å². The molecule has 0 saturated heterocycles. The van der Waals surface area contributed by atoms with Gasteiger partial charge in [-0.05, 0) is 44.9 Å².